The molecule has 0 atom stereocenters. The van der Waals surface area contributed by atoms with E-state index >= 15 is 0 Å². The molecule has 0 bridgehead atoms. The van der Waals surface area contributed by atoms with Crippen molar-refractivity contribution in [1.82, 2.24) is 10.3 Å². The highest BCUT2D eigenvalue weighted by Crippen LogP contribution is 2.23. The third-order valence-corrected chi connectivity index (χ3v) is 4.57. The number of hydrogen-bond donors (Lipinski definition) is 1. The third-order valence-electron chi connectivity index (χ3n) is 3.83. The van der Waals surface area contributed by atoms with E-state index in [1.807, 2.05) is 36.4 Å². The van der Waals surface area contributed by atoms with Crippen molar-refractivity contribution in [2.75, 3.05) is 7.11 Å². The highest BCUT2D eigenvalue weighted by molar-refractivity contribution is 6.42. The smallest absolute Gasteiger partial charge is 0.253 e. The van der Waals surface area contributed by atoms with Gasteiger partial charge in [0, 0.05) is 18.3 Å². The Kier molecular flexibility index (Phi) is 5.76. The average Bonchev–Trinajstić information content (AvgIpc) is 2.69. The van der Waals surface area contributed by atoms with Gasteiger partial charge in [0.2, 0.25) is 0 Å². The summed E-state index contributed by atoms with van der Waals surface area (Å²) in [7, 11) is 1.62. The minimum absolute atomic E-state index is 0.208. The topological polar surface area (TPSA) is 51.2 Å². The minimum Gasteiger partial charge on any atom is -0.497 e. The Morgan fingerprint density at radius 3 is 2.62 bits per heavy atom. The molecule has 3 aromatic rings. The molecule has 0 saturated carbocycles. The normalized spacial score (nSPS) is 10.4. The lowest BCUT2D eigenvalue weighted by atomic mass is 10.1. The van der Waals surface area contributed by atoms with Crippen LogP contribution in [0.15, 0.2) is 60.8 Å². The molecule has 0 radical (unpaired) electrons. The van der Waals surface area contributed by atoms with E-state index in [1.165, 1.54) is 0 Å². The number of methoxy groups -OCH3 is 1. The van der Waals surface area contributed by atoms with Crippen LogP contribution in [0.5, 0.6) is 5.75 Å². The van der Waals surface area contributed by atoms with E-state index in [2.05, 4.69) is 10.3 Å². The van der Waals surface area contributed by atoms with Gasteiger partial charge in [0.15, 0.2) is 0 Å². The molecule has 0 fully saturated rings. The van der Waals surface area contributed by atoms with Crippen LogP contribution in [-0.4, -0.2) is 18.0 Å². The lowest BCUT2D eigenvalue weighted by Crippen LogP contribution is -2.22. The fourth-order valence-electron chi connectivity index (χ4n) is 2.42. The molecule has 4 nitrogen and oxygen atoms in total. The quantitative estimate of drug-likeness (QED) is 0.671. The maximum Gasteiger partial charge on any atom is 0.253 e. The van der Waals surface area contributed by atoms with Gasteiger partial charge in [-0.1, -0.05) is 41.4 Å². The molecular weight excluding hydrogens is 371 g/mol. The van der Waals surface area contributed by atoms with Crippen LogP contribution in [-0.2, 0) is 6.54 Å². The van der Waals surface area contributed by atoms with Crippen LogP contribution in [0.2, 0.25) is 10.0 Å². The number of amides is 1. The van der Waals surface area contributed by atoms with Crippen molar-refractivity contribution in [2.24, 2.45) is 0 Å². The third kappa shape index (κ3) is 4.34. The molecule has 1 amide bonds. The molecule has 132 valence electrons. The van der Waals surface area contributed by atoms with Crippen molar-refractivity contribution >= 4 is 29.1 Å². The zero-order chi connectivity index (χ0) is 18.5. The highest BCUT2D eigenvalue weighted by atomic mass is 35.5. The Balaban J connectivity index is 1.67. The SMILES string of the molecule is COc1cccc(-c2ccc(C(=O)NCc3ccc(Cl)c(Cl)c3)cn2)c1. The molecule has 1 N–H and O–H groups in total. The van der Waals surface area contributed by atoms with Crippen LogP contribution in [0.4, 0.5) is 0 Å². The van der Waals surface area contributed by atoms with Crippen molar-refractivity contribution in [3.8, 4) is 17.0 Å². The van der Waals surface area contributed by atoms with Gasteiger partial charge in [0.1, 0.15) is 5.75 Å². The van der Waals surface area contributed by atoms with E-state index in [-0.39, 0.29) is 5.91 Å². The maximum absolute atomic E-state index is 12.3. The number of nitrogens with zero attached hydrogens (tertiary/aromatic N) is 1. The number of carbonyl (C=O) groups is 1. The van der Waals surface area contributed by atoms with Crippen molar-refractivity contribution < 1.29 is 9.53 Å². The lowest BCUT2D eigenvalue weighted by molar-refractivity contribution is 0.0950. The van der Waals surface area contributed by atoms with Gasteiger partial charge in [0.25, 0.3) is 5.91 Å². The molecule has 6 heteroatoms. The molecular formula is C20H16Cl2N2O2. The number of ether oxygens (including phenoxy) is 1. The lowest BCUT2D eigenvalue weighted by Gasteiger charge is -2.08. The molecule has 26 heavy (non-hydrogen) atoms. The number of nitrogens with one attached hydrogen (secondary N) is 1. The summed E-state index contributed by atoms with van der Waals surface area (Å²) in [6.45, 7) is 0.355. The van der Waals surface area contributed by atoms with E-state index < -0.39 is 0 Å². The summed E-state index contributed by atoms with van der Waals surface area (Å²) in [5.41, 5.74) is 3.04. The first-order chi connectivity index (χ1) is 12.6. The van der Waals surface area contributed by atoms with Crippen molar-refractivity contribution in [1.29, 1.82) is 0 Å². The molecule has 3 rings (SSSR count). The number of carbonyl (C=O) groups excluding carboxylic acids is 1. The van der Waals surface area contributed by atoms with Crippen molar-refractivity contribution in [3.63, 3.8) is 0 Å². The molecule has 0 aliphatic carbocycles. The van der Waals surface area contributed by atoms with Gasteiger partial charge in [-0.2, -0.15) is 0 Å². The van der Waals surface area contributed by atoms with E-state index in [0.717, 1.165) is 22.6 Å². The molecule has 2 aromatic carbocycles. The van der Waals surface area contributed by atoms with E-state index in [1.54, 1.807) is 31.5 Å². The van der Waals surface area contributed by atoms with Crippen LogP contribution in [0.1, 0.15) is 15.9 Å². The van der Waals surface area contributed by atoms with Crippen molar-refractivity contribution in [2.45, 2.75) is 6.54 Å². The van der Waals surface area contributed by atoms with Crippen LogP contribution >= 0.6 is 23.2 Å². The summed E-state index contributed by atoms with van der Waals surface area (Å²) in [5.74, 6) is 0.550. The van der Waals surface area contributed by atoms with Gasteiger partial charge in [0.05, 0.1) is 28.4 Å². The summed E-state index contributed by atoms with van der Waals surface area (Å²) >= 11 is 11.9. The van der Waals surface area contributed by atoms with Gasteiger partial charge >= 0.3 is 0 Å². The van der Waals surface area contributed by atoms with Gasteiger partial charge in [-0.05, 0) is 42.0 Å². The molecule has 1 aromatic heterocycles. The van der Waals surface area contributed by atoms with Crippen LogP contribution in [0, 0.1) is 0 Å². The number of pyridine rings is 1. The second-order valence-corrected chi connectivity index (χ2v) is 6.41. The highest BCUT2D eigenvalue weighted by Gasteiger charge is 2.08. The van der Waals surface area contributed by atoms with Crippen LogP contribution in [0.3, 0.4) is 0 Å². The van der Waals surface area contributed by atoms with E-state index in [0.29, 0.717) is 22.2 Å². The van der Waals surface area contributed by atoms with Crippen molar-refractivity contribution in [3.05, 3.63) is 82.0 Å². The van der Waals surface area contributed by atoms with Gasteiger partial charge in [-0.15, -0.1) is 0 Å². The zero-order valence-electron chi connectivity index (χ0n) is 14.0. The molecule has 0 saturated heterocycles. The van der Waals surface area contributed by atoms with Crippen LogP contribution < -0.4 is 10.1 Å². The molecule has 0 aliphatic heterocycles. The number of halogens is 2. The van der Waals surface area contributed by atoms with Gasteiger partial charge in [-0.25, -0.2) is 0 Å². The second-order valence-electron chi connectivity index (χ2n) is 5.60. The Labute approximate surface area is 161 Å². The molecule has 0 aliphatic rings. The zero-order valence-corrected chi connectivity index (χ0v) is 15.5. The maximum atomic E-state index is 12.3. The molecule has 0 unspecified atom stereocenters. The second kappa shape index (κ2) is 8.21. The summed E-state index contributed by atoms with van der Waals surface area (Å²) in [6, 6.07) is 16.4. The largest absolute Gasteiger partial charge is 0.497 e. The Morgan fingerprint density at radius 1 is 1.08 bits per heavy atom. The summed E-state index contributed by atoms with van der Waals surface area (Å²) in [6.07, 6.45) is 1.55. The number of benzene rings is 2. The number of rotatable bonds is 5. The molecule has 1 heterocycles. The molecule has 0 spiro atoms. The first-order valence-corrected chi connectivity index (χ1v) is 8.65. The Bertz CT molecular complexity index is 927. The first-order valence-electron chi connectivity index (χ1n) is 7.89. The average molecular weight is 387 g/mol. The fraction of sp³-hybridized carbons (Fsp3) is 0.100. The summed E-state index contributed by atoms with van der Waals surface area (Å²) in [4.78, 5) is 16.7. The van der Waals surface area contributed by atoms with E-state index in [9.17, 15) is 4.79 Å². The predicted octanol–water partition coefficient (Wildman–Crippen LogP) is 4.99. The minimum atomic E-state index is -0.208. The fourth-order valence-corrected chi connectivity index (χ4v) is 2.74. The van der Waals surface area contributed by atoms with E-state index in [4.69, 9.17) is 27.9 Å². The predicted molar refractivity (Wildman–Crippen MR) is 104 cm³/mol. The van der Waals surface area contributed by atoms with Gasteiger partial charge < -0.3 is 10.1 Å². The first kappa shape index (κ1) is 18.2. The Morgan fingerprint density at radius 2 is 1.92 bits per heavy atom. The number of hydrogen-bond acceptors (Lipinski definition) is 3. The number of aromatic nitrogens is 1. The standard InChI is InChI=1S/C20H16Cl2N2O2/c1-26-16-4-2-3-14(10-16)19-8-6-15(12-23-19)20(25)24-11-13-5-7-17(21)18(22)9-13/h2-10,12H,11H2,1H3,(H,24,25). The summed E-state index contributed by atoms with van der Waals surface area (Å²) < 4.78 is 5.22. The van der Waals surface area contributed by atoms with Crippen LogP contribution in [0.25, 0.3) is 11.3 Å². The Hall–Kier alpha value is -2.56. The summed E-state index contributed by atoms with van der Waals surface area (Å²) in [5, 5.41) is 3.78. The monoisotopic (exact) mass is 386 g/mol. The van der Waals surface area contributed by atoms with Gasteiger partial charge in [-0.3, -0.25) is 9.78 Å².